The Balaban J connectivity index is 2.10. The van der Waals surface area contributed by atoms with Gasteiger partial charge in [-0.1, -0.05) is 38.1 Å². The van der Waals surface area contributed by atoms with Gasteiger partial charge < -0.3 is 5.32 Å². The average molecular weight is 363 g/mol. The SMILES string of the molecule is CC(C)CC(Sc1ccc(-c2ccc(C#N)cc2)cc1)C(=O)NCC#N. The fraction of sp³-hybridized carbons (Fsp3) is 0.286. The van der Waals surface area contributed by atoms with E-state index in [0.29, 0.717) is 11.5 Å². The summed E-state index contributed by atoms with van der Waals surface area (Å²) in [7, 11) is 0. The maximum absolute atomic E-state index is 12.3. The van der Waals surface area contributed by atoms with Crippen LogP contribution in [-0.2, 0) is 4.79 Å². The molecule has 0 aliphatic rings. The molecule has 1 atom stereocenters. The van der Waals surface area contributed by atoms with Gasteiger partial charge in [0.05, 0.1) is 23.0 Å². The van der Waals surface area contributed by atoms with Crippen LogP contribution < -0.4 is 5.32 Å². The second-order valence-electron chi connectivity index (χ2n) is 6.33. The van der Waals surface area contributed by atoms with E-state index in [2.05, 4.69) is 25.2 Å². The van der Waals surface area contributed by atoms with Crippen molar-refractivity contribution in [2.24, 2.45) is 5.92 Å². The van der Waals surface area contributed by atoms with Crippen LogP contribution in [0.25, 0.3) is 11.1 Å². The Hall–Kier alpha value is -2.76. The van der Waals surface area contributed by atoms with Crippen molar-refractivity contribution >= 4 is 17.7 Å². The summed E-state index contributed by atoms with van der Waals surface area (Å²) in [6, 6.07) is 19.6. The van der Waals surface area contributed by atoms with Crippen molar-refractivity contribution in [1.29, 1.82) is 10.5 Å². The maximum Gasteiger partial charge on any atom is 0.234 e. The molecule has 1 amide bonds. The smallest absolute Gasteiger partial charge is 0.234 e. The van der Waals surface area contributed by atoms with E-state index in [1.54, 1.807) is 12.1 Å². The highest BCUT2D eigenvalue weighted by Gasteiger charge is 2.20. The van der Waals surface area contributed by atoms with Crippen LogP contribution in [0.1, 0.15) is 25.8 Å². The number of amides is 1. The molecule has 0 aromatic heterocycles. The molecule has 132 valence electrons. The third kappa shape index (κ3) is 5.65. The Labute approximate surface area is 158 Å². The van der Waals surface area contributed by atoms with Crippen LogP contribution >= 0.6 is 11.8 Å². The lowest BCUT2D eigenvalue weighted by molar-refractivity contribution is -0.120. The number of nitriles is 2. The van der Waals surface area contributed by atoms with E-state index < -0.39 is 0 Å². The predicted octanol–water partition coefficient (Wildman–Crippen LogP) is 4.37. The minimum Gasteiger partial charge on any atom is -0.342 e. The number of benzene rings is 2. The van der Waals surface area contributed by atoms with Gasteiger partial charge in [-0.3, -0.25) is 4.79 Å². The number of rotatable bonds is 7. The summed E-state index contributed by atoms with van der Waals surface area (Å²) >= 11 is 1.52. The molecule has 0 saturated heterocycles. The molecule has 0 spiro atoms. The largest absolute Gasteiger partial charge is 0.342 e. The highest BCUT2D eigenvalue weighted by Crippen LogP contribution is 2.30. The highest BCUT2D eigenvalue weighted by atomic mass is 32.2. The molecule has 0 fully saturated rings. The minimum atomic E-state index is -0.218. The van der Waals surface area contributed by atoms with Gasteiger partial charge in [0.15, 0.2) is 0 Å². The summed E-state index contributed by atoms with van der Waals surface area (Å²) in [6.45, 7) is 4.20. The van der Waals surface area contributed by atoms with E-state index >= 15 is 0 Å². The quantitative estimate of drug-likeness (QED) is 0.585. The molecule has 4 nitrogen and oxygen atoms in total. The van der Waals surface area contributed by atoms with E-state index in [9.17, 15) is 4.79 Å². The molecule has 0 radical (unpaired) electrons. The van der Waals surface area contributed by atoms with Gasteiger partial charge in [0, 0.05) is 4.90 Å². The van der Waals surface area contributed by atoms with Gasteiger partial charge in [-0.05, 0) is 47.7 Å². The first kappa shape index (κ1) is 19.6. The molecule has 0 heterocycles. The van der Waals surface area contributed by atoms with E-state index in [0.717, 1.165) is 22.4 Å². The van der Waals surface area contributed by atoms with Crippen LogP contribution in [0.15, 0.2) is 53.4 Å². The third-order valence-corrected chi connectivity index (χ3v) is 5.03. The number of hydrogen-bond donors (Lipinski definition) is 1. The Bertz CT molecular complexity index is 814. The molecule has 26 heavy (non-hydrogen) atoms. The lowest BCUT2D eigenvalue weighted by Gasteiger charge is -2.17. The molecular formula is C21H21N3OS. The Morgan fingerprint density at radius 2 is 1.62 bits per heavy atom. The Morgan fingerprint density at radius 1 is 1.04 bits per heavy atom. The number of nitrogens with one attached hydrogen (secondary N) is 1. The van der Waals surface area contributed by atoms with Gasteiger partial charge in [-0.2, -0.15) is 10.5 Å². The van der Waals surface area contributed by atoms with Crippen molar-refractivity contribution in [3.05, 3.63) is 54.1 Å². The fourth-order valence-electron chi connectivity index (χ4n) is 2.50. The summed E-state index contributed by atoms with van der Waals surface area (Å²) in [6.07, 6.45) is 0.749. The summed E-state index contributed by atoms with van der Waals surface area (Å²) in [4.78, 5) is 13.3. The first-order valence-electron chi connectivity index (χ1n) is 8.45. The molecule has 0 bridgehead atoms. The minimum absolute atomic E-state index is 0.0334. The van der Waals surface area contributed by atoms with Crippen LogP contribution in [0.4, 0.5) is 0 Å². The van der Waals surface area contributed by atoms with Gasteiger partial charge >= 0.3 is 0 Å². The maximum atomic E-state index is 12.3. The van der Waals surface area contributed by atoms with E-state index in [1.807, 2.05) is 42.5 Å². The van der Waals surface area contributed by atoms with Crippen LogP contribution in [0.2, 0.25) is 0 Å². The molecule has 5 heteroatoms. The first-order valence-corrected chi connectivity index (χ1v) is 9.33. The second kappa shape index (κ2) is 9.65. The molecule has 2 rings (SSSR count). The summed E-state index contributed by atoms with van der Waals surface area (Å²) < 4.78 is 0. The number of carbonyl (C=O) groups excluding carboxylic acids is 1. The van der Waals surface area contributed by atoms with Crippen LogP contribution in [-0.4, -0.2) is 17.7 Å². The molecule has 2 aromatic rings. The lowest BCUT2D eigenvalue weighted by atomic mass is 10.0. The molecule has 2 aromatic carbocycles. The molecule has 0 aliphatic heterocycles. The normalized spacial score (nSPS) is 11.4. The van der Waals surface area contributed by atoms with E-state index in [4.69, 9.17) is 10.5 Å². The zero-order valence-electron chi connectivity index (χ0n) is 14.9. The van der Waals surface area contributed by atoms with E-state index in [1.165, 1.54) is 11.8 Å². The van der Waals surface area contributed by atoms with Crippen LogP contribution in [0.3, 0.4) is 0 Å². The molecule has 1 unspecified atom stereocenters. The molecule has 0 aliphatic carbocycles. The summed E-state index contributed by atoms with van der Waals surface area (Å²) in [5, 5.41) is 20.0. The Morgan fingerprint density at radius 3 is 2.12 bits per heavy atom. The average Bonchev–Trinajstić information content (AvgIpc) is 2.66. The van der Waals surface area contributed by atoms with Crippen molar-refractivity contribution in [3.8, 4) is 23.3 Å². The second-order valence-corrected chi connectivity index (χ2v) is 7.60. The van der Waals surface area contributed by atoms with E-state index in [-0.39, 0.29) is 17.7 Å². The highest BCUT2D eigenvalue weighted by molar-refractivity contribution is 8.00. The predicted molar refractivity (Wildman–Crippen MR) is 104 cm³/mol. The summed E-state index contributed by atoms with van der Waals surface area (Å²) in [5.41, 5.74) is 2.75. The van der Waals surface area contributed by atoms with Crippen LogP contribution in [0.5, 0.6) is 0 Å². The zero-order chi connectivity index (χ0) is 18.9. The number of carbonyl (C=O) groups is 1. The topological polar surface area (TPSA) is 76.7 Å². The fourth-order valence-corrected chi connectivity index (χ4v) is 3.80. The number of hydrogen-bond acceptors (Lipinski definition) is 4. The monoisotopic (exact) mass is 363 g/mol. The van der Waals surface area contributed by atoms with Crippen molar-refractivity contribution < 1.29 is 4.79 Å². The molecule has 0 saturated carbocycles. The molecule has 1 N–H and O–H groups in total. The standard InChI is InChI=1S/C21H21N3OS/c1-15(2)13-20(21(25)24-12-11-22)26-19-9-7-18(8-10-19)17-5-3-16(14-23)4-6-17/h3-10,15,20H,12-13H2,1-2H3,(H,24,25). The van der Waals surface area contributed by atoms with Crippen molar-refractivity contribution in [2.75, 3.05) is 6.54 Å². The first-order chi connectivity index (χ1) is 12.5. The number of nitrogens with zero attached hydrogens (tertiary/aromatic N) is 2. The summed E-state index contributed by atoms with van der Waals surface area (Å²) in [5.74, 6) is 0.291. The molecular weight excluding hydrogens is 342 g/mol. The van der Waals surface area contributed by atoms with Crippen molar-refractivity contribution in [3.63, 3.8) is 0 Å². The zero-order valence-corrected chi connectivity index (χ0v) is 15.7. The van der Waals surface area contributed by atoms with Gasteiger partial charge in [-0.25, -0.2) is 0 Å². The van der Waals surface area contributed by atoms with Gasteiger partial charge in [0.25, 0.3) is 0 Å². The Kier molecular flexibility index (Phi) is 7.26. The van der Waals surface area contributed by atoms with Crippen molar-refractivity contribution in [2.45, 2.75) is 30.4 Å². The third-order valence-electron chi connectivity index (χ3n) is 3.80. The van der Waals surface area contributed by atoms with Gasteiger partial charge in [0.1, 0.15) is 6.54 Å². The van der Waals surface area contributed by atoms with Gasteiger partial charge in [0.2, 0.25) is 5.91 Å². The number of thioether (sulfide) groups is 1. The van der Waals surface area contributed by atoms with Gasteiger partial charge in [-0.15, -0.1) is 11.8 Å². The van der Waals surface area contributed by atoms with Crippen LogP contribution in [0, 0.1) is 28.6 Å². The lowest BCUT2D eigenvalue weighted by Crippen LogP contribution is -2.33. The van der Waals surface area contributed by atoms with Crippen molar-refractivity contribution in [1.82, 2.24) is 5.32 Å².